The number of rotatable bonds is 3. The number of hydrogen-bond donors (Lipinski definition) is 1. The smallest absolute Gasteiger partial charge is 0.123 e. The van der Waals surface area contributed by atoms with E-state index in [1.165, 1.54) is 38.2 Å². The van der Waals surface area contributed by atoms with Gasteiger partial charge >= 0.3 is 0 Å². The SMILES string of the molecule is Fc1ccc(N2CC[NH+](C[C@@H]3C[C@@H]4C=C[C@H]3C4)CC2)cc1. The van der Waals surface area contributed by atoms with Crippen LogP contribution in [0.2, 0.25) is 0 Å². The van der Waals surface area contributed by atoms with Crippen LogP contribution in [0.4, 0.5) is 10.1 Å². The molecule has 0 unspecified atom stereocenters. The lowest BCUT2D eigenvalue weighted by Crippen LogP contribution is -3.15. The van der Waals surface area contributed by atoms with Crippen molar-refractivity contribution in [2.75, 3.05) is 37.6 Å². The number of piperazine rings is 1. The Labute approximate surface area is 126 Å². The summed E-state index contributed by atoms with van der Waals surface area (Å²) in [5, 5.41) is 0. The highest BCUT2D eigenvalue weighted by atomic mass is 19.1. The third kappa shape index (κ3) is 2.71. The Balaban J connectivity index is 1.30. The van der Waals surface area contributed by atoms with E-state index in [4.69, 9.17) is 0 Å². The van der Waals surface area contributed by atoms with Gasteiger partial charge in [-0.1, -0.05) is 12.2 Å². The van der Waals surface area contributed by atoms with Crippen molar-refractivity contribution in [1.29, 1.82) is 0 Å². The minimum atomic E-state index is -0.146. The molecule has 4 rings (SSSR count). The molecule has 3 aliphatic rings. The van der Waals surface area contributed by atoms with Crippen molar-refractivity contribution < 1.29 is 9.29 Å². The van der Waals surface area contributed by atoms with Crippen LogP contribution in [0.1, 0.15) is 12.8 Å². The third-order valence-electron chi connectivity index (χ3n) is 5.63. The number of anilines is 1. The summed E-state index contributed by atoms with van der Waals surface area (Å²) in [6.07, 6.45) is 7.74. The molecule has 0 amide bonds. The van der Waals surface area contributed by atoms with Gasteiger partial charge < -0.3 is 9.80 Å². The zero-order valence-corrected chi connectivity index (χ0v) is 12.5. The lowest BCUT2D eigenvalue weighted by Gasteiger charge is -2.35. The maximum Gasteiger partial charge on any atom is 0.123 e. The minimum absolute atomic E-state index is 0.146. The molecule has 3 heteroatoms. The average Bonchev–Trinajstić information content (AvgIpc) is 3.12. The molecule has 1 heterocycles. The first-order valence-corrected chi connectivity index (χ1v) is 8.30. The summed E-state index contributed by atoms with van der Waals surface area (Å²) < 4.78 is 13.0. The van der Waals surface area contributed by atoms with E-state index in [0.29, 0.717) is 0 Å². The molecule has 2 nitrogen and oxygen atoms in total. The second-order valence-electron chi connectivity index (χ2n) is 6.96. The van der Waals surface area contributed by atoms with Gasteiger partial charge in [0.15, 0.2) is 0 Å². The predicted molar refractivity (Wildman–Crippen MR) is 83.0 cm³/mol. The number of halogens is 1. The zero-order chi connectivity index (χ0) is 14.2. The Hall–Kier alpha value is -1.35. The first kappa shape index (κ1) is 13.3. The Kier molecular flexibility index (Phi) is 3.46. The van der Waals surface area contributed by atoms with Gasteiger partial charge in [0.05, 0.1) is 32.7 Å². The molecule has 0 spiro atoms. The van der Waals surface area contributed by atoms with Crippen LogP contribution < -0.4 is 9.80 Å². The summed E-state index contributed by atoms with van der Waals surface area (Å²) in [6, 6.07) is 6.94. The highest BCUT2D eigenvalue weighted by molar-refractivity contribution is 5.46. The quantitative estimate of drug-likeness (QED) is 0.832. The molecule has 0 radical (unpaired) electrons. The van der Waals surface area contributed by atoms with E-state index in [1.54, 1.807) is 17.0 Å². The number of hydrogen-bond acceptors (Lipinski definition) is 1. The molecule has 1 aliphatic heterocycles. The fourth-order valence-corrected chi connectivity index (χ4v) is 4.44. The minimum Gasteiger partial charge on any atom is -0.360 e. The number of nitrogens with zero attached hydrogens (tertiary/aromatic N) is 1. The van der Waals surface area contributed by atoms with E-state index in [2.05, 4.69) is 17.1 Å². The molecule has 1 aromatic carbocycles. The highest BCUT2D eigenvalue weighted by Gasteiger charge is 2.38. The standard InChI is InChI=1S/C18H23FN2/c19-17-3-5-18(6-4-17)21-9-7-20(8-10-21)13-16-12-14-1-2-15(16)11-14/h1-6,14-16H,7-13H2/p+1/t14-,15+,16+/m1/s1. The van der Waals surface area contributed by atoms with Gasteiger partial charge in [0.2, 0.25) is 0 Å². The van der Waals surface area contributed by atoms with Gasteiger partial charge in [-0.05, 0) is 48.9 Å². The summed E-state index contributed by atoms with van der Waals surface area (Å²) in [5.41, 5.74) is 1.17. The first-order chi connectivity index (χ1) is 10.3. The van der Waals surface area contributed by atoms with Gasteiger partial charge in [-0.25, -0.2) is 4.39 Å². The van der Waals surface area contributed by atoms with Crippen molar-refractivity contribution >= 4 is 5.69 Å². The molecule has 2 aliphatic carbocycles. The normalized spacial score (nSPS) is 32.0. The van der Waals surface area contributed by atoms with Crippen LogP contribution in [0.15, 0.2) is 36.4 Å². The summed E-state index contributed by atoms with van der Waals surface area (Å²) in [4.78, 5) is 4.16. The van der Waals surface area contributed by atoms with Gasteiger partial charge in [0.1, 0.15) is 5.82 Å². The first-order valence-electron chi connectivity index (χ1n) is 8.30. The van der Waals surface area contributed by atoms with Gasteiger partial charge in [-0.2, -0.15) is 0 Å². The van der Waals surface area contributed by atoms with Crippen LogP contribution in [0.3, 0.4) is 0 Å². The second kappa shape index (κ2) is 5.45. The van der Waals surface area contributed by atoms with Crippen LogP contribution in [-0.4, -0.2) is 32.7 Å². The lowest BCUT2D eigenvalue weighted by molar-refractivity contribution is -0.904. The molecule has 3 atom stereocenters. The van der Waals surface area contributed by atoms with Gasteiger partial charge in [0, 0.05) is 11.6 Å². The van der Waals surface area contributed by atoms with Crippen molar-refractivity contribution in [2.45, 2.75) is 12.8 Å². The van der Waals surface area contributed by atoms with E-state index in [0.717, 1.165) is 30.8 Å². The summed E-state index contributed by atoms with van der Waals surface area (Å²) in [5.74, 6) is 2.54. The Morgan fingerprint density at radius 3 is 2.43 bits per heavy atom. The Morgan fingerprint density at radius 2 is 1.81 bits per heavy atom. The highest BCUT2D eigenvalue weighted by Crippen LogP contribution is 2.42. The van der Waals surface area contributed by atoms with Crippen LogP contribution >= 0.6 is 0 Å². The van der Waals surface area contributed by atoms with Gasteiger partial charge in [-0.15, -0.1) is 0 Å². The van der Waals surface area contributed by atoms with Crippen molar-refractivity contribution in [1.82, 2.24) is 0 Å². The zero-order valence-electron chi connectivity index (χ0n) is 12.5. The van der Waals surface area contributed by atoms with Gasteiger partial charge in [-0.3, -0.25) is 0 Å². The molecular formula is C18H24FN2+. The fourth-order valence-electron chi connectivity index (χ4n) is 4.44. The largest absolute Gasteiger partial charge is 0.360 e. The van der Waals surface area contributed by atoms with Crippen molar-refractivity contribution in [3.05, 3.63) is 42.2 Å². The van der Waals surface area contributed by atoms with E-state index < -0.39 is 0 Å². The van der Waals surface area contributed by atoms with Crippen LogP contribution in [0, 0.1) is 23.6 Å². The molecule has 1 aromatic rings. The Bertz CT molecular complexity index is 517. The van der Waals surface area contributed by atoms with E-state index >= 15 is 0 Å². The molecule has 2 fully saturated rings. The number of fused-ring (bicyclic) bond motifs is 2. The lowest BCUT2D eigenvalue weighted by atomic mass is 9.93. The maximum atomic E-state index is 13.0. The second-order valence-corrected chi connectivity index (χ2v) is 6.96. The number of benzene rings is 1. The Morgan fingerprint density at radius 1 is 1.05 bits per heavy atom. The molecule has 21 heavy (non-hydrogen) atoms. The third-order valence-corrected chi connectivity index (χ3v) is 5.63. The maximum absolute atomic E-state index is 13.0. The molecule has 1 saturated carbocycles. The molecule has 0 aromatic heterocycles. The van der Waals surface area contributed by atoms with E-state index in [9.17, 15) is 4.39 Å². The number of allylic oxidation sites excluding steroid dienone is 2. The van der Waals surface area contributed by atoms with Crippen molar-refractivity contribution in [2.24, 2.45) is 17.8 Å². The molecular weight excluding hydrogens is 263 g/mol. The molecule has 112 valence electrons. The van der Waals surface area contributed by atoms with E-state index in [1.807, 2.05) is 12.1 Å². The summed E-state index contributed by atoms with van der Waals surface area (Å²) in [6.45, 7) is 5.97. The van der Waals surface area contributed by atoms with Crippen LogP contribution in [0.25, 0.3) is 0 Å². The fraction of sp³-hybridized carbons (Fsp3) is 0.556. The number of quaternary nitrogens is 1. The van der Waals surface area contributed by atoms with Crippen LogP contribution in [-0.2, 0) is 0 Å². The molecule has 2 bridgehead atoms. The van der Waals surface area contributed by atoms with E-state index in [-0.39, 0.29) is 5.82 Å². The van der Waals surface area contributed by atoms with Crippen molar-refractivity contribution in [3.63, 3.8) is 0 Å². The summed E-state index contributed by atoms with van der Waals surface area (Å²) in [7, 11) is 0. The van der Waals surface area contributed by atoms with Gasteiger partial charge in [0.25, 0.3) is 0 Å². The van der Waals surface area contributed by atoms with Crippen LogP contribution in [0.5, 0.6) is 0 Å². The monoisotopic (exact) mass is 287 g/mol. The summed E-state index contributed by atoms with van der Waals surface area (Å²) >= 11 is 0. The molecule has 1 N–H and O–H groups in total. The number of nitrogens with one attached hydrogen (secondary N) is 1. The molecule has 1 saturated heterocycles. The van der Waals surface area contributed by atoms with Crippen molar-refractivity contribution in [3.8, 4) is 0 Å². The topological polar surface area (TPSA) is 7.68 Å². The predicted octanol–water partition coefficient (Wildman–Crippen LogP) is 1.74. The average molecular weight is 287 g/mol.